The van der Waals surface area contributed by atoms with E-state index in [0.29, 0.717) is 10.6 Å². The number of rotatable bonds is 3. The maximum absolute atomic E-state index is 13.6. The van der Waals surface area contributed by atoms with E-state index >= 15 is 0 Å². The second kappa shape index (κ2) is 8.68. The van der Waals surface area contributed by atoms with E-state index in [-0.39, 0.29) is 5.91 Å². The fourth-order valence-corrected chi connectivity index (χ4v) is 4.56. The molecular weight excluding hydrogens is 484 g/mol. The molecule has 32 heavy (non-hydrogen) atoms. The van der Waals surface area contributed by atoms with Crippen molar-refractivity contribution in [2.75, 3.05) is 5.32 Å². The first-order valence-corrected chi connectivity index (χ1v) is 11.6. The molecule has 0 unspecified atom stereocenters. The molecule has 5 heteroatoms. The van der Waals surface area contributed by atoms with Gasteiger partial charge in [0.05, 0.1) is 16.8 Å². The van der Waals surface area contributed by atoms with Gasteiger partial charge in [-0.25, -0.2) is 4.98 Å². The summed E-state index contributed by atoms with van der Waals surface area (Å²) in [6, 6.07) is 15.7. The van der Waals surface area contributed by atoms with E-state index in [0.717, 1.165) is 60.1 Å². The lowest BCUT2D eigenvalue weighted by Crippen LogP contribution is -2.16. The van der Waals surface area contributed by atoms with Gasteiger partial charge < -0.3 is 5.32 Å². The minimum atomic E-state index is -0.142. The Hall–Kier alpha value is -2.69. The number of pyridine rings is 1. The number of benzene rings is 3. The van der Waals surface area contributed by atoms with Gasteiger partial charge in [0, 0.05) is 26.1 Å². The first-order chi connectivity index (χ1) is 15.2. The smallest absolute Gasteiger partial charge is 0.256 e. The van der Waals surface area contributed by atoms with Crippen LogP contribution in [0.4, 0.5) is 5.69 Å². The molecule has 0 aliphatic rings. The van der Waals surface area contributed by atoms with Gasteiger partial charge in [0.1, 0.15) is 0 Å². The maximum atomic E-state index is 13.6. The summed E-state index contributed by atoms with van der Waals surface area (Å²) < 4.78 is 1.05. The Kier molecular flexibility index (Phi) is 6.11. The summed E-state index contributed by atoms with van der Waals surface area (Å²) in [6.07, 6.45) is 0. The van der Waals surface area contributed by atoms with Crippen molar-refractivity contribution in [3.05, 3.63) is 91.4 Å². The zero-order valence-corrected chi connectivity index (χ0v) is 21.1. The highest BCUT2D eigenvalue weighted by molar-refractivity contribution is 9.10. The largest absolute Gasteiger partial charge is 0.322 e. The molecule has 3 aromatic carbocycles. The van der Waals surface area contributed by atoms with Crippen molar-refractivity contribution in [3.8, 4) is 11.3 Å². The van der Waals surface area contributed by atoms with Gasteiger partial charge in [-0.15, -0.1) is 0 Å². The number of hydrogen-bond donors (Lipinski definition) is 1. The maximum Gasteiger partial charge on any atom is 0.256 e. The third kappa shape index (κ3) is 4.17. The Morgan fingerprint density at radius 2 is 1.53 bits per heavy atom. The summed E-state index contributed by atoms with van der Waals surface area (Å²) in [6.45, 7) is 10.1. The summed E-state index contributed by atoms with van der Waals surface area (Å²) in [7, 11) is 0. The van der Waals surface area contributed by atoms with Crippen molar-refractivity contribution < 1.29 is 4.79 Å². The predicted molar refractivity (Wildman–Crippen MR) is 138 cm³/mol. The van der Waals surface area contributed by atoms with Crippen molar-refractivity contribution in [1.82, 2.24) is 4.98 Å². The fraction of sp³-hybridized carbons (Fsp3) is 0.185. The molecule has 1 aromatic heterocycles. The van der Waals surface area contributed by atoms with Crippen LogP contribution in [0.2, 0.25) is 5.02 Å². The molecule has 0 saturated heterocycles. The molecule has 0 aliphatic carbocycles. The van der Waals surface area contributed by atoms with Crippen LogP contribution in [0, 0.1) is 34.6 Å². The second-order valence-corrected chi connectivity index (χ2v) is 9.55. The van der Waals surface area contributed by atoms with Gasteiger partial charge in [0.2, 0.25) is 0 Å². The van der Waals surface area contributed by atoms with Crippen molar-refractivity contribution in [3.63, 3.8) is 0 Å². The number of anilines is 1. The summed E-state index contributed by atoms with van der Waals surface area (Å²) >= 11 is 9.69. The minimum Gasteiger partial charge on any atom is -0.322 e. The van der Waals surface area contributed by atoms with E-state index in [4.69, 9.17) is 16.6 Å². The van der Waals surface area contributed by atoms with E-state index in [1.165, 1.54) is 0 Å². The SMILES string of the molecule is Cc1cc(C)c2nc(-c3ccc(Cl)cc3)c(C)c(C(=O)Nc3cc(C)c(Br)c(C)c3)c2c1. The first-order valence-electron chi connectivity index (χ1n) is 10.4. The molecule has 0 aliphatic heterocycles. The number of amides is 1. The zero-order chi connectivity index (χ0) is 23.2. The number of nitrogens with one attached hydrogen (secondary N) is 1. The van der Waals surface area contributed by atoms with Gasteiger partial charge in [-0.1, -0.05) is 51.3 Å². The molecule has 4 aromatic rings. The summed E-state index contributed by atoms with van der Waals surface area (Å²) in [4.78, 5) is 18.6. The second-order valence-electron chi connectivity index (χ2n) is 8.32. The standard InChI is InChI=1S/C27H24BrClN2O/c1-14-10-17(4)25-22(11-14)23(18(5)26(31-25)19-6-8-20(29)9-7-19)27(32)30-21-12-15(2)24(28)16(3)13-21/h6-13H,1-5H3,(H,30,32). The molecule has 1 N–H and O–H groups in total. The highest BCUT2D eigenvalue weighted by Crippen LogP contribution is 2.33. The monoisotopic (exact) mass is 506 g/mol. The molecule has 0 spiro atoms. The molecule has 1 heterocycles. The topological polar surface area (TPSA) is 42.0 Å². The average Bonchev–Trinajstić information content (AvgIpc) is 2.72. The molecule has 3 nitrogen and oxygen atoms in total. The highest BCUT2D eigenvalue weighted by atomic mass is 79.9. The lowest BCUT2D eigenvalue weighted by atomic mass is 9.94. The Morgan fingerprint density at radius 3 is 2.16 bits per heavy atom. The fourth-order valence-electron chi connectivity index (χ4n) is 4.21. The number of nitrogens with zero attached hydrogens (tertiary/aromatic N) is 1. The van der Waals surface area contributed by atoms with Crippen molar-refractivity contribution >= 4 is 50.0 Å². The Morgan fingerprint density at radius 1 is 0.906 bits per heavy atom. The van der Waals surface area contributed by atoms with Crippen molar-refractivity contribution in [2.24, 2.45) is 0 Å². The molecule has 0 atom stereocenters. The van der Waals surface area contributed by atoms with Crippen molar-refractivity contribution in [1.29, 1.82) is 0 Å². The molecule has 0 saturated carbocycles. The van der Waals surface area contributed by atoms with Crippen molar-refractivity contribution in [2.45, 2.75) is 34.6 Å². The average molecular weight is 508 g/mol. The number of halogens is 2. The summed E-state index contributed by atoms with van der Waals surface area (Å²) in [5.41, 5.74) is 9.09. The van der Waals surface area contributed by atoms with Crippen LogP contribution in [-0.4, -0.2) is 10.9 Å². The molecular formula is C27H24BrClN2O. The van der Waals surface area contributed by atoms with E-state index in [1.54, 1.807) is 0 Å². The third-order valence-electron chi connectivity index (χ3n) is 5.71. The van der Waals surface area contributed by atoms with Crippen LogP contribution in [0.25, 0.3) is 22.2 Å². The minimum absolute atomic E-state index is 0.142. The number of carbonyl (C=O) groups is 1. The Balaban J connectivity index is 1.93. The van der Waals surface area contributed by atoms with Crippen LogP contribution < -0.4 is 5.32 Å². The van der Waals surface area contributed by atoms with E-state index in [2.05, 4.69) is 27.3 Å². The molecule has 0 radical (unpaired) electrons. The molecule has 1 amide bonds. The molecule has 162 valence electrons. The van der Waals surface area contributed by atoms with Gasteiger partial charge in [-0.2, -0.15) is 0 Å². The van der Waals surface area contributed by atoms with Crippen LogP contribution in [0.3, 0.4) is 0 Å². The van der Waals surface area contributed by atoms with E-state index in [9.17, 15) is 4.79 Å². The van der Waals surface area contributed by atoms with Crippen LogP contribution in [-0.2, 0) is 0 Å². The molecule has 0 fully saturated rings. The van der Waals surface area contributed by atoms with Gasteiger partial charge >= 0.3 is 0 Å². The zero-order valence-electron chi connectivity index (χ0n) is 18.7. The summed E-state index contributed by atoms with van der Waals surface area (Å²) in [5, 5.41) is 4.64. The lowest BCUT2D eigenvalue weighted by Gasteiger charge is -2.17. The third-order valence-corrected chi connectivity index (χ3v) is 7.21. The number of fused-ring (bicyclic) bond motifs is 1. The number of carbonyl (C=O) groups excluding carboxylic acids is 1. The van der Waals surface area contributed by atoms with Gasteiger partial charge in [-0.3, -0.25) is 4.79 Å². The van der Waals surface area contributed by atoms with Crippen LogP contribution in [0.5, 0.6) is 0 Å². The van der Waals surface area contributed by atoms with Crippen LogP contribution in [0.1, 0.15) is 38.2 Å². The van der Waals surface area contributed by atoms with Gasteiger partial charge in [-0.05, 0) is 87.2 Å². The van der Waals surface area contributed by atoms with Crippen LogP contribution >= 0.6 is 27.5 Å². The molecule has 4 rings (SSSR count). The number of aryl methyl sites for hydroxylation is 4. The highest BCUT2D eigenvalue weighted by Gasteiger charge is 2.21. The van der Waals surface area contributed by atoms with E-state index < -0.39 is 0 Å². The normalized spacial score (nSPS) is 11.1. The number of aromatic nitrogens is 1. The van der Waals surface area contributed by atoms with E-state index in [1.807, 2.05) is 77.1 Å². The van der Waals surface area contributed by atoms with Crippen LogP contribution in [0.15, 0.2) is 53.0 Å². The molecule has 0 bridgehead atoms. The first kappa shape index (κ1) is 22.5. The number of hydrogen-bond acceptors (Lipinski definition) is 2. The summed E-state index contributed by atoms with van der Waals surface area (Å²) in [5.74, 6) is -0.142. The quantitative estimate of drug-likeness (QED) is 0.304. The predicted octanol–water partition coefficient (Wildman–Crippen LogP) is 8.11. The Labute approximate surface area is 202 Å². The Bertz CT molecular complexity index is 1350. The van der Waals surface area contributed by atoms with Gasteiger partial charge in [0.25, 0.3) is 5.91 Å². The van der Waals surface area contributed by atoms with Gasteiger partial charge in [0.15, 0.2) is 0 Å². The lowest BCUT2D eigenvalue weighted by molar-refractivity contribution is 0.102.